The van der Waals surface area contributed by atoms with E-state index >= 15 is 0 Å². The molecular weight excluding hydrogens is 367 g/mol. The largest absolute Gasteiger partial charge is 0.342 e. The van der Waals surface area contributed by atoms with E-state index in [0.717, 1.165) is 50.8 Å². The van der Waals surface area contributed by atoms with E-state index in [1.54, 1.807) is 6.07 Å². The molecule has 6 heteroatoms. The molecule has 0 bridgehead atoms. The van der Waals surface area contributed by atoms with Crippen LogP contribution in [0.5, 0.6) is 0 Å². The Kier molecular flexibility index (Phi) is 6.46. The Morgan fingerprint density at radius 3 is 2.33 bits per heavy atom. The summed E-state index contributed by atoms with van der Waals surface area (Å²) in [4.78, 5) is 15.2. The highest BCUT2D eigenvalue weighted by atomic mass is 35.5. The van der Waals surface area contributed by atoms with E-state index in [-0.39, 0.29) is 24.4 Å². The van der Waals surface area contributed by atoms with Crippen LogP contribution in [-0.4, -0.2) is 29.9 Å². The number of halogens is 3. The lowest BCUT2D eigenvalue weighted by Crippen LogP contribution is -2.53. The highest BCUT2D eigenvalue weighted by molar-refractivity contribution is 6.42. The van der Waals surface area contributed by atoms with Crippen molar-refractivity contribution in [3.05, 3.63) is 33.8 Å². The van der Waals surface area contributed by atoms with Crippen LogP contribution >= 0.6 is 35.6 Å². The van der Waals surface area contributed by atoms with Crippen LogP contribution in [0.1, 0.15) is 44.6 Å². The van der Waals surface area contributed by atoms with Gasteiger partial charge in [0.05, 0.1) is 15.5 Å². The zero-order valence-corrected chi connectivity index (χ0v) is 16.3. The molecule has 2 aliphatic rings. The highest BCUT2D eigenvalue weighted by Gasteiger charge is 2.48. The van der Waals surface area contributed by atoms with Crippen molar-refractivity contribution in [1.82, 2.24) is 4.90 Å². The summed E-state index contributed by atoms with van der Waals surface area (Å²) < 4.78 is 0. The van der Waals surface area contributed by atoms with Gasteiger partial charge in [-0.2, -0.15) is 0 Å². The van der Waals surface area contributed by atoms with Gasteiger partial charge in [0.2, 0.25) is 5.91 Å². The van der Waals surface area contributed by atoms with Crippen molar-refractivity contribution >= 4 is 41.5 Å². The van der Waals surface area contributed by atoms with Gasteiger partial charge in [0.25, 0.3) is 0 Å². The number of rotatable bonds is 3. The van der Waals surface area contributed by atoms with Crippen molar-refractivity contribution in [3.63, 3.8) is 0 Å². The fraction of sp³-hybridized carbons (Fsp3) is 0.611. The van der Waals surface area contributed by atoms with Gasteiger partial charge in [-0.25, -0.2) is 0 Å². The van der Waals surface area contributed by atoms with E-state index in [1.165, 1.54) is 0 Å². The Labute approximate surface area is 160 Å². The van der Waals surface area contributed by atoms with Gasteiger partial charge in [-0.3, -0.25) is 4.79 Å². The van der Waals surface area contributed by atoms with E-state index in [4.69, 9.17) is 28.9 Å². The van der Waals surface area contributed by atoms with Gasteiger partial charge in [-0.15, -0.1) is 12.4 Å². The van der Waals surface area contributed by atoms with Crippen LogP contribution in [0.2, 0.25) is 10.0 Å². The fourth-order valence-electron chi connectivity index (χ4n) is 3.88. The first-order valence-corrected chi connectivity index (χ1v) is 9.20. The minimum atomic E-state index is -0.393. The molecule has 134 valence electrons. The molecule has 1 aromatic rings. The average molecular weight is 392 g/mol. The predicted molar refractivity (Wildman–Crippen MR) is 102 cm³/mol. The summed E-state index contributed by atoms with van der Waals surface area (Å²) in [6, 6.07) is 5.84. The third kappa shape index (κ3) is 3.55. The molecule has 2 N–H and O–H groups in total. The predicted octanol–water partition coefficient (Wildman–Crippen LogP) is 4.42. The second-order valence-corrected chi connectivity index (χ2v) is 7.87. The van der Waals surface area contributed by atoms with Gasteiger partial charge in [-0.05, 0) is 56.2 Å². The first kappa shape index (κ1) is 19.8. The van der Waals surface area contributed by atoms with Crippen molar-refractivity contribution in [2.24, 2.45) is 11.7 Å². The van der Waals surface area contributed by atoms with Gasteiger partial charge < -0.3 is 10.6 Å². The van der Waals surface area contributed by atoms with E-state index < -0.39 is 5.41 Å². The zero-order chi connectivity index (χ0) is 16.6. The van der Waals surface area contributed by atoms with Crippen LogP contribution in [0, 0.1) is 5.92 Å². The number of benzene rings is 1. The standard InChI is InChI=1S/C18H24Cl2N2O.ClH/c1-12(21)13-5-9-22(10-6-13)17(23)18(7-2-8-18)14-3-4-15(19)16(20)11-14;/h3-4,11-13H,2,5-10,21H2,1H3;1H. The number of likely N-dealkylation sites (tertiary alicyclic amines) is 1. The summed E-state index contributed by atoms with van der Waals surface area (Å²) in [5.41, 5.74) is 6.62. The van der Waals surface area contributed by atoms with Crippen molar-refractivity contribution in [2.45, 2.75) is 50.5 Å². The van der Waals surface area contributed by atoms with Crippen LogP contribution in [0.4, 0.5) is 0 Å². The van der Waals surface area contributed by atoms with Gasteiger partial charge in [0, 0.05) is 19.1 Å². The number of carbonyl (C=O) groups is 1. The second-order valence-electron chi connectivity index (χ2n) is 7.05. The van der Waals surface area contributed by atoms with Crippen LogP contribution in [0.15, 0.2) is 18.2 Å². The maximum absolute atomic E-state index is 13.2. The number of hydrogen-bond acceptors (Lipinski definition) is 2. The molecule has 1 aliphatic carbocycles. The van der Waals surface area contributed by atoms with Crippen LogP contribution in [-0.2, 0) is 10.2 Å². The quantitative estimate of drug-likeness (QED) is 0.829. The number of amides is 1. The van der Waals surface area contributed by atoms with Crippen LogP contribution < -0.4 is 5.73 Å². The maximum atomic E-state index is 13.2. The summed E-state index contributed by atoms with van der Waals surface area (Å²) in [7, 11) is 0. The lowest BCUT2D eigenvalue weighted by atomic mass is 9.63. The smallest absolute Gasteiger partial charge is 0.233 e. The molecule has 1 unspecified atom stereocenters. The number of piperidine rings is 1. The van der Waals surface area contributed by atoms with Gasteiger partial charge in [0.1, 0.15) is 0 Å². The Balaban J connectivity index is 0.00000208. The zero-order valence-electron chi connectivity index (χ0n) is 13.9. The first-order chi connectivity index (χ1) is 10.9. The second kappa shape index (κ2) is 7.82. The molecule has 1 amide bonds. The molecule has 1 heterocycles. The number of nitrogens with zero attached hydrogens (tertiary/aromatic N) is 1. The molecule has 24 heavy (non-hydrogen) atoms. The monoisotopic (exact) mass is 390 g/mol. The lowest BCUT2D eigenvalue weighted by Gasteiger charge is -2.46. The molecule has 0 radical (unpaired) electrons. The highest BCUT2D eigenvalue weighted by Crippen LogP contribution is 2.46. The van der Waals surface area contributed by atoms with E-state index in [0.29, 0.717) is 16.0 Å². The Morgan fingerprint density at radius 1 is 1.25 bits per heavy atom. The molecule has 1 saturated carbocycles. The van der Waals surface area contributed by atoms with Crippen LogP contribution in [0.25, 0.3) is 0 Å². The minimum absolute atomic E-state index is 0. The maximum Gasteiger partial charge on any atom is 0.233 e. The third-order valence-electron chi connectivity index (χ3n) is 5.66. The number of carbonyl (C=O) groups excluding carboxylic acids is 1. The van der Waals surface area contributed by atoms with E-state index in [2.05, 4.69) is 6.92 Å². The minimum Gasteiger partial charge on any atom is -0.342 e. The Hall–Kier alpha value is -0.480. The summed E-state index contributed by atoms with van der Waals surface area (Å²) in [6.45, 7) is 3.69. The van der Waals surface area contributed by atoms with E-state index in [1.807, 2.05) is 17.0 Å². The van der Waals surface area contributed by atoms with Crippen molar-refractivity contribution in [2.75, 3.05) is 13.1 Å². The molecule has 3 nitrogen and oxygen atoms in total. The van der Waals surface area contributed by atoms with E-state index in [9.17, 15) is 4.79 Å². The SMILES string of the molecule is CC(N)C1CCN(C(=O)C2(c3ccc(Cl)c(Cl)c3)CCC2)CC1.Cl. The molecule has 1 atom stereocenters. The summed E-state index contributed by atoms with van der Waals surface area (Å²) >= 11 is 12.2. The van der Waals surface area contributed by atoms with Gasteiger partial charge >= 0.3 is 0 Å². The summed E-state index contributed by atoms with van der Waals surface area (Å²) in [5.74, 6) is 0.784. The third-order valence-corrected chi connectivity index (χ3v) is 6.40. The van der Waals surface area contributed by atoms with Gasteiger partial charge in [-0.1, -0.05) is 35.7 Å². The van der Waals surface area contributed by atoms with Crippen LogP contribution in [0.3, 0.4) is 0 Å². The molecule has 1 aromatic carbocycles. The first-order valence-electron chi connectivity index (χ1n) is 8.44. The van der Waals surface area contributed by atoms with Gasteiger partial charge in [0.15, 0.2) is 0 Å². The topological polar surface area (TPSA) is 46.3 Å². The normalized spacial score (nSPS) is 21.6. The average Bonchev–Trinajstić information content (AvgIpc) is 2.49. The molecule has 2 fully saturated rings. The fourth-order valence-corrected chi connectivity index (χ4v) is 4.18. The molecular formula is C18H25Cl3N2O. The molecule has 1 aliphatic heterocycles. The lowest BCUT2D eigenvalue weighted by molar-refractivity contribution is -0.142. The Morgan fingerprint density at radius 2 is 1.88 bits per heavy atom. The van der Waals surface area contributed by atoms with Crippen molar-refractivity contribution < 1.29 is 4.79 Å². The number of hydrogen-bond donors (Lipinski definition) is 1. The molecule has 0 spiro atoms. The Bertz CT molecular complexity index is 594. The van der Waals surface area contributed by atoms with Crippen molar-refractivity contribution in [3.8, 4) is 0 Å². The summed E-state index contributed by atoms with van der Waals surface area (Å²) in [6.07, 6.45) is 4.89. The molecule has 3 rings (SSSR count). The molecule has 1 saturated heterocycles. The summed E-state index contributed by atoms with van der Waals surface area (Å²) in [5, 5.41) is 1.06. The number of nitrogens with two attached hydrogens (primary N) is 1. The van der Waals surface area contributed by atoms with Crippen molar-refractivity contribution in [1.29, 1.82) is 0 Å². The molecule has 0 aromatic heterocycles.